The van der Waals surface area contributed by atoms with Gasteiger partial charge in [-0.15, -0.1) is 0 Å². The predicted molar refractivity (Wildman–Crippen MR) is 78.7 cm³/mol. The second kappa shape index (κ2) is 5.77. The lowest BCUT2D eigenvalue weighted by molar-refractivity contribution is -0.00976. The summed E-state index contributed by atoms with van der Waals surface area (Å²) in [4.78, 5) is 5.56. The lowest BCUT2D eigenvalue weighted by Gasteiger charge is -2.12. The van der Waals surface area contributed by atoms with Crippen LogP contribution in [0, 0.1) is 0 Å². The molecule has 0 radical (unpaired) electrons. The van der Waals surface area contributed by atoms with Crippen molar-refractivity contribution in [1.82, 2.24) is 9.69 Å². The fourth-order valence-corrected chi connectivity index (χ4v) is 2.20. The van der Waals surface area contributed by atoms with Gasteiger partial charge in [0.1, 0.15) is 5.52 Å². The van der Waals surface area contributed by atoms with Crippen LogP contribution in [0.1, 0.15) is 20.8 Å². The van der Waals surface area contributed by atoms with Crippen LogP contribution in [-0.4, -0.2) is 39.7 Å². The van der Waals surface area contributed by atoms with Crippen molar-refractivity contribution in [2.45, 2.75) is 20.8 Å². The van der Waals surface area contributed by atoms with Crippen molar-refractivity contribution in [2.75, 3.05) is 30.3 Å². The molecule has 20 heavy (non-hydrogen) atoms. The normalized spacial score (nSPS) is 12.1. The second-order valence-corrected chi connectivity index (χ2v) is 4.35. The molecule has 7 nitrogen and oxygen atoms in total. The number of benzene rings is 1. The molecule has 2 rings (SSSR count). The Hall–Kier alpha value is -2.31. The van der Waals surface area contributed by atoms with E-state index in [4.69, 9.17) is 0 Å². The van der Waals surface area contributed by atoms with Gasteiger partial charge in [0.15, 0.2) is 5.49 Å². The Morgan fingerprint density at radius 1 is 1.00 bits per heavy atom. The van der Waals surface area contributed by atoms with Crippen molar-refractivity contribution in [3.8, 4) is 0 Å². The van der Waals surface area contributed by atoms with Gasteiger partial charge in [0.25, 0.3) is 0 Å². The Morgan fingerprint density at radius 2 is 1.60 bits per heavy atom. The minimum atomic E-state index is 0.340. The van der Waals surface area contributed by atoms with Gasteiger partial charge in [0, 0.05) is 19.6 Å². The maximum Gasteiger partial charge on any atom is 0.196 e. The molecule has 2 aromatic rings. The number of fused-ring (bicyclic) bond motifs is 1. The van der Waals surface area contributed by atoms with Crippen LogP contribution in [0.2, 0.25) is 0 Å². The Balaban J connectivity index is 2.76. The van der Waals surface area contributed by atoms with Crippen LogP contribution >= 0.6 is 0 Å². The monoisotopic (exact) mass is 279 g/mol. The van der Waals surface area contributed by atoms with Crippen LogP contribution in [0.3, 0.4) is 0 Å². The lowest BCUT2D eigenvalue weighted by Crippen LogP contribution is -2.20. The summed E-state index contributed by atoms with van der Waals surface area (Å²) in [5, 5.41) is 27.0. The fraction of sp³-hybridized carbons (Fsp3) is 0.462. The number of nitrogens with one attached hydrogen (secondary N) is 2. The lowest BCUT2D eigenvalue weighted by atomic mass is 10.2. The van der Waals surface area contributed by atoms with E-state index in [1.807, 2.05) is 26.8 Å². The average molecular weight is 279 g/mol. The molecule has 0 aliphatic heterocycles. The Morgan fingerprint density at radius 3 is 2.15 bits per heavy atom. The number of hydrogen-bond donors (Lipinski definition) is 4. The number of aromatic nitrogens is 2. The molecule has 1 heterocycles. The highest BCUT2D eigenvalue weighted by Gasteiger charge is 2.14. The standard InChI is InChI=1S/C13H21N5O2/c1-4-14-10-7-9-12(8-11(10)15-5-2)17(19)18(20)13(9)16-6-3/h7-8,14-15,19-20H,4-6H2,1-3H3. The third-order valence-electron chi connectivity index (χ3n) is 3.00. The van der Waals surface area contributed by atoms with E-state index in [1.165, 1.54) is 0 Å². The molecule has 4 N–H and O–H groups in total. The maximum absolute atomic E-state index is 9.94. The van der Waals surface area contributed by atoms with Gasteiger partial charge in [-0.3, -0.25) is 4.99 Å². The first-order valence-electron chi connectivity index (χ1n) is 6.82. The number of nitrogens with zero attached hydrogens (tertiary/aromatic N) is 3. The topological polar surface area (TPSA) is 86.7 Å². The number of hydrogen-bond acceptors (Lipinski definition) is 5. The molecule has 0 bridgehead atoms. The fourth-order valence-electron chi connectivity index (χ4n) is 2.20. The summed E-state index contributed by atoms with van der Waals surface area (Å²) in [7, 11) is 0. The molecule has 0 saturated carbocycles. The quantitative estimate of drug-likeness (QED) is 0.627. The van der Waals surface area contributed by atoms with Crippen LogP contribution in [0.25, 0.3) is 10.9 Å². The van der Waals surface area contributed by atoms with Gasteiger partial charge in [0.2, 0.25) is 0 Å². The van der Waals surface area contributed by atoms with Crippen molar-refractivity contribution < 1.29 is 10.4 Å². The Kier molecular flexibility index (Phi) is 4.07. The number of anilines is 2. The van der Waals surface area contributed by atoms with E-state index in [0.29, 0.717) is 32.6 Å². The first-order valence-corrected chi connectivity index (χ1v) is 6.82. The minimum absolute atomic E-state index is 0.340. The summed E-state index contributed by atoms with van der Waals surface area (Å²) in [5.74, 6) is 0. The van der Waals surface area contributed by atoms with Crippen LogP contribution in [-0.2, 0) is 0 Å². The zero-order chi connectivity index (χ0) is 14.7. The molecule has 0 aliphatic rings. The van der Waals surface area contributed by atoms with Gasteiger partial charge in [-0.2, -0.15) is 0 Å². The molecule has 1 aromatic carbocycles. The van der Waals surface area contributed by atoms with Gasteiger partial charge in [-0.1, -0.05) is 9.69 Å². The van der Waals surface area contributed by atoms with Gasteiger partial charge < -0.3 is 21.0 Å². The van der Waals surface area contributed by atoms with Gasteiger partial charge in [-0.05, 0) is 32.9 Å². The highest BCUT2D eigenvalue weighted by atomic mass is 16.6. The van der Waals surface area contributed by atoms with E-state index in [-0.39, 0.29) is 0 Å². The molecule has 1 aromatic heterocycles. The largest absolute Gasteiger partial charge is 0.410 e. The molecule has 0 fully saturated rings. The van der Waals surface area contributed by atoms with Gasteiger partial charge in [0.05, 0.1) is 16.8 Å². The molecule has 0 amide bonds. The summed E-state index contributed by atoms with van der Waals surface area (Å²) in [5.41, 5.74) is 2.63. The first-order chi connectivity index (χ1) is 9.63. The smallest absolute Gasteiger partial charge is 0.196 e. The molecule has 0 aliphatic carbocycles. The summed E-state index contributed by atoms with van der Waals surface area (Å²) in [6.07, 6.45) is 0. The van der Waals surface area contributed by atoms with E-state index in [2.05, 4.69) is 15.6 Å². The Bertz CT molecular complexity index is 671. The van der Waals surface area contributed by atoms with E-state index in [1.54, 1.807) is 6.07 Å². The maximum atomic E-state index is 9.94. The summed E-state index contributed by atoms with van der Waals surface area (Å²) < 4.78 is 0. The van der Waals surface area contributed by atoms with E-state index in [9.17, 15) is 10.4 Å². The highest BCUT2D eigenvalue weighted by molar-refractivity contribution is 5.89. The van der Waals surface area contributed by atoms with Crippen LogP contribution in [0.4, 0.5) is 11.4 Å². The molecule has 0 saturated heterocycles. The summed E-state index contributed by atoms with van der Waals surface area (Å²) in [6, 6.07) is 3.67. The SMILES string of the molecule is CCN=c1c2cc(NCC)c(NCC)cc2n(O)n1O. The summed E-state index contributed by atoms with van der Waals surface area (Å²) >= 11 is 0. The second-order valence-electron chi connectivity index (χ2n) is 4.35. The van der Waals surface area contributed by atoms with Crippen molar-refractivity contribution >= 4 is 22.3 Å². The molecule has 0 spiro atoms. The first kappa shape index (κ1) is 14.1. The third-order valence-corrected chi connectivity index (χ3v) is 3.00. The molecule has 7 heteroatoms. The van der Waals surface area contributed by atoms with Crippen molar-refractivity contribution in [3.05, 3.63) is 17.6 Å². The average Bonchev–Trinajstić information content (AvgIpc) is 2.65. The van der Waals surface area contributed by atoms with Crippen molar-refractivity contribution in [1.29, 1.82) is 0 Å². The molecular formula is C13H21N5O2. The molecular weight excluding hydrogens is 258 g/mol. The minimum Gasteiger partial charge on any atom is -0.410 e. The molecule has 0 atom stereocenters. The summed E-state index contributed by atoms with van der Waals surface area (Å²) in [6.45, 7) is 7.96. The van der Waals surface area contributed by atoms with Crippen LogP contribution < -0.4 is 16.1 Å². The highest BCUT2D eigenvalue weighted by Crippen LogP contribution is 2.26. The van der Waals surface area contributed by atoms with E-state index in [0.717, 1.165) is 24.5 Å². The number of rotatable bonds is 5. The van der Waals surface area contributed by atoms with Crippen LogP contribution in [0.5, 0.6) is 0 Å². The zero-order valence-corrected chi connectivity index (χ0v) is 12.0. The van der Waals surface area contributed by atoms with Crippen molar-refractivity contribution in [3.63, 3.8) is 0 Å². The van der Waals surface area contributed by atoms with E-state index < -0.39 is 0 Å². The van der Waals surface area contributed by atoms with Crippen molar-refractivity contribution in [2.24, 2.45) is 4.99 Å². The molecule has 0 unspecified atom stereocenters. The Labute approximate surface area is 117 Å². The molecule has 110 valence electrons. The van der Waals surface area contributed by atoms with E-state index >= 15 is 0 Å². The van der Waals surface area contributed by atoms with Gasteiger partial charge >= 0.3 is 0 Å². The van der Waals surface area contributed by atoms with Crippen LogP contribution in [0.15, 0.2) is 17.1 Å². The zero-order valence-electron chi connectivity index (χ0n) is 12.0. The third kappa shape index (κ3) is 2.26. The predicted octanol–water partition coefficient (Wildman–Crippen LogP) is 1.70. The van der Waals surface area contributed by atoms with Gasteiger partial charge in [-0.25, -0.2) is 0 Å².